The number of aldehydes is 1. The van der Waals surface area contributed by atoms with Crippen LogP contribution in [0.15, 0.2) is 24.4 Å². The molecule has 0 aliphatic carbocycles. The lowest BCUT2D eigenvalue weighted by atomic mass is 10.1. The van der Waals surface area contributed by atoms with Gasteiger partial charge in [-0.2, -0.15) is 5.10 Å². The van der Waals surface area contributed by atoms with Gasteiger partial charge in [-0.3, -0.25) is 9.48 Å². The number of hydrogen-bond acceptors (Lipinski definition) is 4. The first-order chi connectivity index (χ1) is 9.49. The number of benzene rings is 1. The number of carbonyl (C=O) groups excluding carboxylic acids is 1. The van der Waals surface area contributed by atoms with Crippen molar-refractivity contribution in [2.75, 3.05) is 6.79 Å². The summed E-state index contributed by atoms with van der Waals surface area (Å²) in [5.74, 6) is 1.40. The Kier molecular flexibility index (Phi) is 2.78. The second-order valence-electron chi connectivity index (χ2n) is 5.73. The fourth-order valence-corrected chi connectivity index (χ4v) is 2.09. The SMILES string of the molecule is CC(C)(C)n1cc(C=O)c(-c2ccc3c(c2)OCO3)n1. The number of carbonyl (C=O) groups is 1. The standard InChI is InChI=1S/C15H16N2O3/c1-15(2,3)17-7-11(8-18)14(16-17)10-4-5-12-13(6-10)20-9-19-12/h4-8H,9H2,1-3H3. The van der Waals surface area contributed by atoms with Crippen molar-refractivity contribution < 1.29 is 14.3 Å². The maximum absolute atomic E-state index is 11.3. The van der Waals surface area contributed by atoms with E-state index >= 15 is 0 Å². The highest BCUT2D eigenvalue weighted by Gasteiger charge is 2.20. The van der Waals surface area contributed by atoms with E-state index in [1.54, 1.807) is 10.9 Å². The minimum absolute atomic E-state index is 0.174. The molecule has 104 valence electrons. The Hall–Kier alpha value is -2.30. The molecule has 5 heteroatoms. The molecule has 20 heavy (non-hydrogen) atoms. The number of fused-ring (bicyclic) bond motifs is 1. The number of ether oxygens (including phenoxy) is 2. The summed E-state index contributed by atoms with van der Waals surface area (Å²) in [6.45, 7) is 6.35. The van der Waals surface area contributed by atoms with E-state index in [9.17, 15) is 4.79 Å². The summed E-state index contributed by atoms with van der Waals surface area (Å²) in [7, 11) is 0. The van der Waals surface area contributed by atoms with Crippen LogP contribution in [-0.4, -0.2) is 22.9 Å². The van der Waals surface area contributed by atoms with Gasteiger partial charge in [-0.1, -0.05) is 0 Å². The zero-order valence-electron chi connectivity index (χ0n) is 11.7. The van der Waals surface area contributed by atoms with Crippen molar-refractivity contribution in [3.05, 3.63) is 30.0 Å². The van der Waals surface area contributed by atoms with Gasteiger partial charge in [0.05, 0.1) is 11.1 Å². The molecule has 1 aromatic carbocycles. The molecule has 0 unspecified atom stereocenters. The number of hydrogen-bond donors (Lipinski definition) is 0. The van der Waals surface area contributed by atoms with Gasteiger partial charge in [0.15, 0.2) is 17.8 Å². The molecule has 0 atom stereocenters. The summed E-state index contributed by atoms with van der Waals surface area (Å²) in [6.07, 6.45) is 2.60. The molecule has 1 aliphatic heterocycles. The minimum Gasteiger partial charge on any atom is -0.454 e. The Balaban J connectivity index is 2.09. The van der Waals surface area contributed by atoms with Gasteiger partial charge in [0.1, 0.15) is 5.69 Å². The molecule has 3 rings (SSSR count). The van der Waals surface area contributed by atoms with E-state index in [0.717, 1.165) is 17.6 Å². The number of nitrogens with zero attached hydrogens (tertiary/aromatic N) is 2. The molecule has 0 spiro atoms. The Morgan fingerprint density at radius 2 is 2.00 bits per heavy atom. The van der Waals surface area contributed by atoms with Crippen molar-refractivity contribution in [3.63, 3.8) is 0 Å². The molecule has 0 N–H and O–H groups in total. The summed E-state index contributed by atoms with van der Waals surface area (Å²) in [5, 5.41) is 4.54. The van der Waals surface area contributed by atoms with Gasteiger partial charge in [0, 0.05) is 11.8 Å². The molecule has 0 amide bonds. The normalized spacial score (nSPS) is 13.6. The smallest absolute Gasteiger partial charge is 0.231 e. The zero-order chi connectivity index (χ0) is 14.3. The van der Waals surface area contributed by atoms with Crippen LogP contribution in [0, 0.1) is 0 Å². The minimum atomic E-state index is -0.174. The van der Waals surface area contributed by atoms with E-state index in [2.05, 4.69) is 5.10 Å². The van der Waals surface area contributed by atoms with Gasteiger partial charge in [-0.05, 0) is 39.0 Å². The van der Waals surface area contributed by atoms with Crippen LogP contribution in [0.3, 0.4) is 0 Å². The van der Waals surface area contributed by atoms with E-state index in [4.69, 9.17) is 9.47 Å². The number of aromatic nitrogens is 2. The molecule has 2 aromatic rings. The average Bonchev–Trinajstić information content (AvgIpc) is 3.03. The van der Waals surface area contributed by atoms with E-state index in [0.29, 0.717) is 17.0 Å². The van der Waals surface area contributed by atoms with Crippen molar-refractivity contribution in [2.45, 2.75) is 26.3 Å². The molecule has 0 bridgehead atoms. The molecule has 5 nitrogen and oxygen atoms in total. The van der Waals surface area contributed by atoms with Crippen molar-refractivity contribution in [2.24, 2.45) is 0 Å². The van der Waals surface area contributed by atoms with Crippen LogP contribution in [0.1, 0.15) is 31.1 Å². The molecule has 0 saturated heterocycles. The molecule has 1 aromatic heterocycles. The Morgan fingerprint density at radius 1 is 1.25 bits per heavy atom. The molecular formula is C15H16N2O3. The second-order valence-corrected chi connectivity index (χ2v) is 5.73. The highest BCUT2D eigenvalue weighted by Crippen LogP contribution is 2.36. The van der Waals surface area contributed by atoms with Crippen molar-refractivity contribution in [1.29, 1.82) is 0 Å². The molecule has 0 fully saturated rings. The lowest BCUT2D eigenvalue weighted by Gasteiger charge is -2.18. The molecular weight excluding hydrogens is 256 g/mol. The van der Waals surface area contributed by atoms with Crippen LogP contribution in [0.4, 0.5) is 0 Å². The third kappa shape index (κ3) is 2.05. The van der Waals surface area contributed by atoms with Gasteiger partial charge >= 0.3 is 0 Å². The first-order valence-electron chi connectivity index (χ1n) is 6.44. The summed E-state index contributed by atoms with van der Waals surface area (Å²) in [6, 6.07) is 5.57. The fourth-order valence-electron chi connectivity index (χ4n) is 2.09. The average molecular weight is 272 g/mol. The predicted molar refractivity (Wildman–Crippen MR) is 74.2 cm³/mol. The molecule has 1 aliphatic rings. The van der Waals surface area contributed by atoms with E-state index in [1.165, 1.54) is 0 Å². The van der Waals surface area contributed by atoms with Gasteiger partial charge in [-0.25, -0.2) is 0 Å². The van der Waals surface area contributed by atoms with Crippen LogP contribution in [0.25, 0.3) is 11.3 Å². The van der Waals surface area contributed by atoms with Crippen LogP contribution in [-0.2, 0) is 5.54 Å². The molecule has 0 saturated carbocycles. The third-order valence-electron chi connectivity index (χ3n) is 3.20. The van der Waals surface area contributed by atoms with Gasteiger partial charge < -0.3 is 9.47 Å². The first-order valence-corrected chi connectivity index (χ1v) is 6.44. The van der Waals surface area contributed by atoms with Gasteiger partial charge in [0.25, 0.3) is 0 Å². The van der Waals surface area contributed by atoms with Crippen LogP contribution in [0.5, 0.6) is 11.5 Å². The summed E-state index contributed by atoms with van der Waals surface area (Å²) < 4.78 is 12.5. The lowest BCUT2D eigenvalue weighted by Crippen LogP contribution is -2.22. The van der Waals surface area contributed by atoms with Crippen molar-refractivity contribution >= 4 is 6.29 Å². The second kappa shape index (κ2) is 4.37. The van der Waals surface area contributed by atoms with Gasteiger partial charge in [0.2, 0.25) is 6.79 Å². The Morgan fingerprint density at radius 3 is 2.70 bits per heavy atom. The van der Waals surface area contributed by atoms with E-state index in [1.807, 2.05) is 39.0 Å². The fraction of sp³-hybridized carbons (Fsp3) is 0.333. The van der Waals surface area contributed by atoms with E-state index in [-0.39, 0.29) is 12.3 Å². The van der Waals surface area contributed by atoms with Crippen LogP contribution in [0.2, 0.25) is 0 Å². The van der Waals surface area contributed by atoms with E-state index < -0.39 is 0 Å². The summed E-state index contributed by atoms with van der Waals surface area (Å²) in [4.78, 5) is 11.3. The lowest BCUT2D eigenvalue weighted by molar-refractivity contribution is 0.112. The summed E-state index contributed by atoms with van der Waals surface area (Å²) >= 11 is 0. The van der Waals surface area contributed by atoms with Crippen molar-refractivity contribution in [1.82, 2.24) is 9.78 Å². The monoisotopic (exact) mass is 272 g/mol. The Bertz CT molecular complexity index is 668. The van der Waals surface area contributed by atoms with Crippen LogP contribution < -0.4 is 9.47 Å². The van der Waals surface area contributed by atoms with Crippen molar-refractivity contribution in [3.8, 4) is 22.8 Å². The maximum atomic E-state index is 11.3. The largest absolute Gasteiger partial charge is 0.454 e. The predicted octanol–water partition coefficient (Wildman–Crippen LogP) is 2.85. The Labute approximate surface area is 117 Å². The summed E-state index contributed by atoms with van der Waals surface area (Å²) in [5.41, 5.74) is 1.90. The third-order valence-corrected chi connectivity index (χ3v) is 3.20. The highest BCUT2D eigenvalue weighted by molar-refractivity contribution is 5.86. The molecule has 0 radical (unpaired) electrons. The zero-order valence-corrected chi connectivity index (χ0v) is 11.7. The van der Waals surface area contributed by atoms with Gasteiger partial charge in [-0.15, -0.1) is 0 Å². The maximum Gasteiger partial charge on any atom is 0.231 e. The first kappa shape index (κ1) is 12.7. The van der Waals surface area contributed by atoms with Crippen LogP contribution >= 0.6 is 0 Å². The quantitative estimate of drug-likeness (QED) is 0.789. The molecule has 2 heterocycles. The number of rotatable bonds is 2. The highest BCUT2D eigenvalue weighted by atomic mass is 16.7. The topological polar surface area (TPSA) is 53.4 Å².